The molecule has 2 saturated carbocycles. The standard InChI is InChI=1S/C31H25F13O6S3/c32-26(33,25-18-19-11-12-20(25)17-19)30(41,42)52(45,46)49-21-13-15-24(16-14-21)51(22-7-3-1-4-8-22,23-9-5-2-6-10-23)50-53(47,48)31(43,44)28(36,37)27(34,35)29(38,39)40/h1-10,13-16,19-20,25H,11-12,17-18H2. The molecule has 0 spiro atoms. The van der Waals surface area contributed by atoms with Gasteiger partial charge >= 0.3 is 54.7 Å². The molecule has 0 aromatic heterocycles. The minimum Gasteiger partial charge on any atom is -0.378 e. The Morgan fingerprint density at radius 1 is 0.528 bits per heavy atom. The lowest BCUT2D eigenvalue weighted by Gasteiger charge is -2.41. The molecule has 2 aliphatic rings. The van der Waals surface area contributed by atoms with Gasteiger partial charge in [0.1, 0.15) is 5.75 Å². The number of rotatable bonds is 13. The van der Waals surface area contributed by atoms with Crippen molar-refractivity contribution in [1.29, 1.82) is 0 Å². The highest BCUT2D eigenvalue weighted by atomic mass is 32.3. The summed E-state index contributed by atoms with van der Waals surface area (Å²) in [6, 6.07) is 13.0. The summed E-state index contributed by atoms with van der Waals surface area (Å²) in [5, 5.41) is -13.1. The first-order valence-corrected chi connectivity index (χ1v) is 19.4. The lowest BCUT2D eigenvalue weighted by atomic mass is 9.84. The van der Waals surface area contributed by atoms with E-state index in [0.29, 0.717) is 30.7 Å². The zero-order valence-corrected chi connectivity index (χ0v) is 28.7. The third kappa shape index (κ3) is 6.43. The summed E-state index contributed by atoms with van der Waals surface area (Å²) in [4.78, 5) is -1.73. The van der Waals surface area contributed by atoms with Gasteiger partial charge in [-0.15, -0.1) is 0 Å². The van der Waals surface area contributed by atoms with Gasteiger partial charge < -0.3 is 4.18 Å². The summed E-state index contributed by atoms with van der Waals surface area (Å²) >= 11 is 0. The van der Waals surface area contributed by atoms with Gasteiger partial charge in [0.2, 0.25) is 0 Å². The molecule has 0 heterocycles. The van der Waals surface area contributed by atoms with Crippen LogP contribution in [0.1, 0.15) is 25.7 Å². The van der Waals surface area contributed by atoms with E-state index in [1.807, 2.05) is 0 Å². The third-order valence-corrected chi connectivity index (χ3v) is 15.6. The number of halogens is 13. The Kier molecular flexibility index (Phi) is 10.2. The zero-order valence-electron chi connectivity index (χ0n) is 26.2. The van der Waals surface area contributed by atoms with E-state index in [0.717, 1.165) is 48.5 Å². The Bertz CT molecular complexity index is 1970. The first-order valence-electron chi connectivity index (χ1n) is 15.1. The molecule has 3 aromatic rings. The van der Waals surface area contributed by atoms with Gasteiger partial charge in [-0.05, 0) is 89.9 Å². The predicted octanol–water partition coefficient (Wildman–Crippen LogP) is 10.0. The summed E-state index contributed by atoms with van der Waals surface area (Å²) in [6.07, 6.45) is -6.84. The lowest BCUT2D eigenvalue weighted by molar-refractivity contribution is -0.382. The SMILES string of the molecule is O=S(=O)(Oc1ccc(S(OS(=O)(=O)C(F)(F)C(F)(F)C(F)(F)C(F)(F)F)(c2ccccc2)c2ccccc2)cc1)C(F)(F)C(F)(F)C1CC2CCC1C2. The second-order valence-electron chi connectivity index (χ2n) is 12.3. The van der Waals surface area contributed by atoms with Crippen molar-refractivity contribution in [2.45, 2.75) is 74.8 Å². The van der Waals surface area contributed by atoms with Gasteiger partial charge in [-0.3, -0.25) is 0 Å². The molecular weight excluding hydrogens is 812 g/mol. The van der Waals surface area contributed by atoms with Gasteiger partial charge in [-0.1, -0.05) is 42.8 Å². The fraction of sp³-hybridized carbons (Fsp3) is 0.419. The number of hydrogen-bond donors (Lipinski definition) is 0. The Morgan fingerprint density at radius 2 is 1.00 bits per heavy atom. The van der Waals surface area contributed by atoms with Crippen LogP contribution in [0.2, 0.25) is 0 Å². The van der Waals surface area contributed by atoms with Crippen LogP contribution in [0.5, 0.6) is 5.75 Å². The molecule has 0 saturated heterocycles. The summed E-state index contributed by atoms with van der Waals surface area (Å²) in [6.45, 7) is 0. The van der Waals surface area contributed by atoms with Crippen LogP contribution in [0, 0.1) is 17.8 Å². The predicted molar refractivity (Wildman–Crippen MR) is 161 cm³/mol. The number of fused-ring (bicyclic) bond motifs is 2. The third-order valence-electron chi connectivity index (χ3n) is 9.04. The van der Waals surface area contributed by atoms with E-state index in [-0.39, 0.29) is 25.2 Å². The molecule has 3 unspecified atom stereocenters. The van der Waals surface area contributed by atoms with Crippen molar-refractivity contribution in [3.63, 3.8) is 0 Å². The fourth-order valence-corrected chi connectivity index (χ4v) is 12.6. The van der Waals surface area contributed by atoms with Crippen molar-refractivity contribution in [3.8, 4) is 5.75 Å². The van der Waals surface area contributed by atoms with Crippen molar-refractivity contribution in [3.05, 3.63) is 84.9 Å². The molecule has 0 amide bonds. The molecule has 2 fully saturated rings. The van der Waals surface area contributed by atoms with Crippen LogP contribution >= 0.6 is 10.3 Å². The average molecular weight is 837 g/mol. The second kappa shape index (κ2) is 13.2. The molecule has 3 aromatic carbocycles. The van der Waals surface area contributed by atoms with E-state index >= 15 is 26.3 Å². The van der Waals surface area contributed by atoms with Gasteiger partial charge in [0.15, 0.2) is 0 Å². The Morgan fingerprint density at radius 3 is 1.42 bits per heavy atom. The first kappa shape index (κ1) is 40.9. The first-order chi connectivity index (χ1) is 24.2. The van der Waals surface area contributed by atoms with E-state index in [1.54, 1.807) is 0 Å². The maximum atomic E-state index is 15.1. The topological polar surface area (TPSA) is 86.7 Å². The highest BCUT2D eigenvalue weighted by Crippen LogP contribution is 2.71. The smallest absolute Gasteiger partial charge is 0.378 e. The average Bonchev–Trinajstić information content (AvgIpc) is 3.72. The van der Waals surface area contributed by atoms with Crippen LogP contribution in [0.15, 0.2) is 99.6 Å². The summed E-state index contributed by atoms with van der Waals surface area (Å²) < 4.78 is 246. The number of alkyl halides is 13. The highest BCUT2D eigenvalue weighted by molar-refractivity contribution is 8.33. The Hall–Kier alpha value is -3.24. The van der Waals surface area contributed by atoms with Crippen molar-refractivity contribution < 1.29 is 81.7 Å². The van der Waals surface area contributed by atoms with Crippen LogP contribution in [-0.4, -0.2) is 51.3 Å². The molecule has 53 heavy (non-hydrogen) atoms. The number of hydrogen-bond acceptors (Lipinski definition) is 6. The maximum Gasteiger partial charge on any atom is 0.460 e. The monoisotopic (exact) mass is 836 g/mol. The second-order valence-corrected chi connectivity index (χ2v) is 18.4. The maximum absolute atomic E-state index is 15.1. The van der Waals surface area contributed by atoms with Gasteiger partial charge in [-0.2, -0.15) is 73.9 Å². The van der Waals surface area contributed by atoms with Crippen molar-refractivity contribution in [1.82, 2.24) is 0 Å². The van der Waals surface area contributed by atoms with Crippen LogP contribution in [0.3, 0.4) is 0 Å². The van der Waals surface area contributed by atoms with E-state index in [1.165, 1.54) is 12.1 Å². The highest BCUT2D eigenvalue weighted by Gasteiger charge is 2.86. The summed E-state index contributed by atoms with van der Waals surface area (Å²) in [7, 11) is -18.6. The molecule has 3 atom stereocenters. The molecule has 0 aliphatic heterocycles. The largest absolute Gasteiger partial charge is 0.460 e. The Labute approximate surface area is 295 Å². The molecule has 2 aliphatic carbocycles. The van der Waals surface area contributed by atoms with E-state index < -0.39 is 97.3 Å². The molecular formula is C31H25F13O6S3. The number of benzene rings is 3. The molecule has 0 N–H and O–H groups in total. The fourth-order valence-electron chi connectivity index (χ4n) is 6.38. The van der Waals surface area contributed by atoms with Crippen LogP contribution in [-0.2, 0) is 23.9 Å². The van der Waals surface area contributed by atoms with Crippen molar-refractivity contribution in [2.24, 2.45) is 17.8 Å². The lowest BCUT2D eigenvalue weighted by Crippen LogP contribution is -2.63. The summed E-state index contributed by atoms with van der Waals surface area (Å²) in [5.74, 6) is -24.7. The van der Waals surface area contributed by atoms with Gasteiger partial charge in [0.05, 0.1) is 0 Å². The quantitative estimate of drug-likeness (QED) is 0.126. The molecule has 6 nitrogen and oxygen atoms in total. The molecule has 22 heteroatoms. The van der Waals surface area contributed by atoms with Gasteiger partial charge in [0, 0.05) is 20.6 Å². The summed E-state index contributed by atoms with van der Waals surface area (Å²) in [5.41, 5.74) is 0. The molecule has 294 valence electrons. The zero-order chi connectivity index (χ0) is 39.7. The Balaban J connectivity index is 1.60. The van der Waals surface area contributed by atoms with Gasteiger partial charge in [-0.25, -0.2) is 3.63 Å². The van der Waals surface area contributed by atoms with Crippen LogP contribution < -0.4 is 4.18 Å². The van der Waals surface area contributed by atoms with E-state index in [4.69, 9.17) is 3.63 Å². The molecule has 0 radical (unpaired) electrons. The van der Waals surface area contributed by atoms with E-state index in [2.05, 4.69) is 4.18 Å². The molecule has 2 bridgehead atoms. The van der Waals surface area contributed by atoms with Gasteiger partial charge in [0.25, 0.3) is 0 Å². The minimum absolute atomic E-state index is 0.183. The molecule has 5 rings (SSSR count). The van der Waals surface area contributed by atoms with Crippen LogP contribution in [0.25, 0.3) is 0 Å². The minimum atomic E-state index is -7.67. The normalized spacial score (nSPS) is 21.1. The van der Waals surface area contributed by atoms with Crippen LogP contribution in [0.4, 0.5) is 57.1 Å². The van der Waals surface area contributed by atoms with Crippen molar-refractivity contribution in [2.75, 3.05) is 0 Å². The van der Waals surface area contributed by atoms with E-state index in [9.17, 15) is 47.6 Å². The van der Waals surface area contributed by atoms with Crippen molar-refractivity contribution >= 4 is 30.5 Å².